The summed E-state index contributed by atoms with van der Waals surface area (Å²) < 4.78 is 14.1. The first-order chi connectivity index (χ1) is 7.59. The van der Waals surface area contributed by atoms with Gasteiger partial charge in [-0.2, -0.15) is 0 Å². The first-order valence-electron chi connectivity index (χ1n) is 5.35. The second kappa shape index (κ2) is 4.53. The summed E-state index contributed by atoms with van der Waals surface area (Å²) in [5.41, 5.74) is 0.979. The first-order valence-corrected chi connectivity index (χ1v) is 6.14. The Morgan fingerprint density at radius 1 is 1.50 bits per heavy atom. The van der Waals surface area contributed by atoms with Crippen molar-refractivity contribution in [1.29, 1.82) is 0 Å². The number of aryl methyl sites for hydroxylation is 1. The summed E-state index contributed by atoms with van der Waals surface area (Å²) in [6, 6.07) is 3.20. The Bertz CT molecular complexity index is 429. The van der Waals surface area contributed by atoms with E-state index in [-0.39, 0.29) is 17.5 Å². The molecule has 4 heteroatoms. The van der Waals surface area contributed by atoms with Gasteiger partial charge < -0.3 is 5.32 Å². The Labute approximate surface area is 102 Å². The molecule has 0 bridgehead atoms. The fraction of sp³-hybridized carbons (Fsp3) is 0.417. The molecular weight excluding hydrogens is 273 g/mol. The lowest BCUT2D eigenvalue weighted by atomic mass is 9.93. The lowest BCUT2D eigenvalue weighted by Gasteiger charge is -2.26. The molecule has 1 saturated carbocycles. The molecule has 1 aromatic carbocycles. The molecule has 16 heavy (non-hydrogen) atoms. The largest absolute Gasteiger partial charge is 0.349 e. The minimum absolute atomic E-state index is 0.117. The maximum absolute atomic E-state index is 13.6. The maximum atomic E-state index is 13.6. The Balaban J connectivity index is 2.24. The molecule has 1 aliphatic rings. The molecule has 1 aliphatic carbocycles. The van der Waals surface area contributed by atoms with Gasteiger partial charge in [0.25, 0.3) is 5.91 Å². The molecule has 1 N–H and O–H groups in total. The van der Waals surface area contributed by atoms with Gasteiger partial charge in [0.2, 0.25) is 0 Å². The summed E-state index contributed by atoms with van der Waals surface area (Å²) in [5.74, 6) is -0.799. The third kappa shape index (κ3) is 2.12. The van der Waals surface area contributed by atoms with E-state index in [1.165, 1.54) is 6.07 Å². The predicted octanol–water partition coefficient (Wildman–Crippen LogP) is 3.18. The molecule has 0 aromatic heterocycles. The van der Waals surface area contributed by atoms with E-state index in [0.29, 0.717) is 4.47 Å². The molecular formula is C12H13BrFNO. The van der Waals surface area contributed by atoms with E-state index in [1.807, 2.05) is 6.92 Å². The molecule has 0 radical (unpaired) electrons. The Morgan fingerprint density at radius 2 is 2.19 bits per heavy atom. The van der Waals surface area contributed by atoms with Crippen molar-refractivity contribution in [3.63, 3.8) is 0 Å². The Morgan fingerprint density at radius 3 is 2.75 bits per heavy atom. The van der Waals surface area contributed by atoms with Crippen LogP contribution in [0.5, 0.6) is 0 Å². The number of carbonyl (C=O) groups is 1. The predicted molar refractivity (Wildman–Crippen MR) is 63.9 cm³/mol. The van der Waals surface area contributed by atoms with Crippen molar-refractivity contribution in [3.8, 4) is 0 Å². The van der Waals surface area contributed by atoms with E-state index in [2.05, 4.69) is 21.2 Å². The zero-order chi connectivity index (χ0) is 11.7. The summed E-state index contributed by atoms with van der Waals surface area (Å²) in [4.78, 5) is 11.9. The second-order valence-electron chi connectivity index (χ2n) is 4.15. The smallest absolute Gasteiger partial charge is 0.255 e. The fourth-order valence-electron chi connectivity index (χ4n) is 1.67. The van der Waals surface area contributed by atoms with E-state index in [4.69, 9.17) is 0 Å². The van der Waals surface area contributed by atoms with Gasteiger partial charge in [-0.3, -0.25) is 4.79 Å². The van der Waals surface area contributed by atoms with Crippen molar-refractivity contribution in [2.75, 3.05) is 0 Å². The highest BCUT2D eigenvalue weighted by Crippen LogP contribution is 2.25. The molecule has 86 valence electrons. The van der Waals surface area contributed by atoms with E-state index in [9.17, 15) is 9.18 Å². The van der Waals surface area contributed by atoms with Crippen molar-refractivity contribution >= 4 is 21.8 Å². The van der Waals surface area contributed by atoms with Crippen LogP contribution in [0.2, 0.25) is 0 Å². The Hall–Kier alpha value is -0.900. The summed E-state index contributed by atoms with van der Waals surface area (Å²) in [7, 11) is 0. The number of nitrogens with one attached hydrogen (secondary N) is 1. The summed E-state index contributed by atoms with van der Waals surface area (Å²) in [6.45, 7) is 1.84. The van der Waals surface area contributed by atoms with Crippen LogP contribution in [0.15, 0.2) is 16.6 Å². The molecule has 0 saturated heterocycles. The first kappa shape index (κ1) is 11.6. The molecule has 0 aliphatic heterocycles. The van der Waals surface area contributed by atoms with Crippen LogP contribution in [0.3, 0.4) is 0 Å². The standard InChI is InChI=1S/C12H13BrFNO/c1-7-5-6-9(14)10(11(7)13)12(16)15-8-3-2-4-8/h5-6,8H,2-4H2,1H3,(H,15,16). The van der Waals surface area contributed by atoms with Crippen LogP contribution in [-0.2, 0) is 0 Å². The number of hydrogen-bond donors (Lipinski definition) is 1. The summed E-state index contributed by atoms with van der Waals surface area (Å²) >= 11 is 3.26. The highest BCUT2D eigenvalue weighted by molar-refractivity contribution is 9.10. The third-order valence-electron chi connectivity index (χ3n) is 2.95. The van der Waals surface area contributed by atoms with E-state index in [1.54, 1.807) is 6.07 Å². The van der Waals surface area contributed by atoms with Gasteiger partial charge in [0.05, 0.1) is 5.56 Å². The molecule has 0 heterocycles. The fourth-order valence-corrected chi connectivity index (χ4v) is 2.18. The lowest BCUT2D eigenvalue weighted by Crippen LogP contribution is -2.40. The van der Waals surface area contributed by atoms with Crippen molar-refractivity contribution in [3.05, 3.63) is 33.5 Å². The summed E-state index contributed by atoms with van der Waals surface area (Å²) in [5, 5.41) is 2.83. The normalized spacial score (nSPS) is 15.7. The van der Waals surface area contributed by atoms with Gasteiger partial charge in [-0.05, 0) is 53.7 Å². The van der Waals surface area contributed by atoms with Gasteiger partial charge in [0.15, 0.2) is 0 Å². The minimum atomic E-state index is -0.478. The highest BCUT2D eigenvalue weighted by Gasteiger charge is 2.23. The number of halogens is 2. The molecule has 1 aromatic rings. The zero-order valence-electron chi connectivity index (χ0n) is 9.02. The van der Waals surface area contributed by atoms with Crippen molar-refractivity contribution in [2.24, 2.45) is 0 Å². The minimum Gasteiger partial charge on any atom is -0.349 e. The van der Waals surface area contributed by atoms with Crippen LogP contribution in [0.4, 0.5) is 4.39 Å². The average Bonchev–Trinajstić information content (AvgIpc) is 2.18. The average molecular weight is 286 g/mol. The molecule has 0 atom stereocenters. The number of amides is 1. The van der Waals surface area contributed by atoms with Crippen LogP contribution in [-0.4, -0.2) is 11.9 Å². The van der Waals surface area contributed by atoms with E-state index >= 15 is 0 Å². The molecule has 1 fully saturated rings. The molecule has 2 rings (SSSR count). The zero-order valence-corrected chi connectivity index (χ0v) is 10.6. The third-order valence-corrected chi connectivity index (χ3v) is 3.97. The second-order valence-corrected chi connectivity index (χ2v) is 4.95. The monoisotopic (exact) mass is 285 g/mol. The number of hydrogen-bond acceptors (Lipinski definition) is 1. The van der Waals surface area contributed by atoms with Crippen molar-refractivity contribution < 1.29 is 9.18 Å². The van der Waals surface area contributed by atoms with Crippen LogP contribution in [0.1, 0.15) is 35.2 Å². The number of benzene rings is 1. The van der Waals surface area contributed by atoms with Crippen molar-refractivity contribution in [2.45, 2.75) is 32.2 Å². The number of rotatable bonds is 2. The SMILES string of the molecule is Cc1ccc(F)c(C(=O)NC2CCC2)c1Br. The lowest BCUT2D eigenvalue weighted by molar-refractivity contribution is 0.0912. The van der Waals surface area contributed by atoms with Crippen molar-refractivity contribution in [1.82, 2.24) is 5.32 Å². The van der Waals surface area contributed by atoms with Gasteiger partial charge in [0.1, 0.15) is 5.82 Å². The van der Waals surface area contributed by atoms with Crippen LogP contribution in [0.25, 0.3) is 0 Å². The van der Waals surface area contributed by atoms with Gasteiger partial charge in [0, 0.05) is 10.5 Å². The topological polar surface area (TPSA) is 29.1 Å². The van der Waals surface area contributed by atoms with Gasteiger partial charge >= 0.3 is 0 Å². The van der Waals surface area contributed by atoms with Gasteiger partial charge in [-0.15, -0.1) is 0 Å². The molecule has 0 unspecified atom stereocenters. The van der Waals surface area contributed by atoms with Gasteiger partial charge in [-0.25, -0.2) is 4.39 Å². The highest BCUT2D eigenvalue weighted by atomic mass is 79.9. The Kier molecular flexibility index (Phi) is 3.28. The van der Waals surface area contributed by atoms with Crippen LogP contribution >= 0.6 is 15.9 Å². The molecule has 2 nitrogen and oxygen atoms in total. The quantitative estimate of drug-likeness (QED) is 0.889. The summed E-state index contributed by atoms with van der Waals surface area (Å²) in [6.07, 6.45) is 3.13. The number of carbonyl (C=O) groups excluding carboxylic acids is 1. The van der Waals surface area contributed by atoms with Gasteiger partial charge in [-0.1, -0.05) is 6.07 Å². The maximum Gasteiger partial charge on any atom is 0.255 e. The van der Waals surface area contributed by atoms with Crippen LogP contribution < -0.4 is 5.32 Å². The molecule has 1 amide bonds. The van der Waals surface area contributed by atoms with E-state index < -0.39 is 5.82 Å². The van der Waals surface area contributed by atoms with Crippen LogP contribution in [0, 0.1) is 12.7 Å². The van der Waals surface area contributed by atoms with E-state index in [0.717, 1.165) is 24.8 Å². The molecule has 0 spiro atoms.